The van der Waals surface area contributed by atoms with Crippen molar-refractivity contribution in [3.05, 3.63) is 81.6 Å². The molecular formula is C24H24ClN5O4S2. The first-order valence-corrected chi connectivity index (χ1v) is 13.5. The Morgan fingerprint density at radius 3 is 2.42 bits per heavy atom. The fourth-order valence-corrected chi connectivity index (χ4v) is 5.85. The lowest BCUT2D eigenvalue weighted by molar-refractivity contribution is 0.256. The summed E-state index contributed by atoms with van der Waals surface area (Å²) in [6.45, 7) is 1.69. The number of pyridine rings is 1. The van der Waals surface area contributed by atoms with Gasteiger partial charge in [0.25, 0.3) is 15.6 Å². The van der Waals surface area contributed by atoms with Crippen LogP contribution in [0.5, 0.6) is 0 Å². The van der Waals surface area contributed by atoms with E-state index in [1.807, 2.05) is 37.0 Å². The van der Waals surface area contributed by atoms with Gasteiger partial charge in [0.15, 0.2) is 0 Å². The second-order valence-corrected chi connectivity index (χ2v) is 11.8. The molecule has 0 aliphatic rings. The molecule has 0 fully saturated rings. The topological polar surface area (TPSA) is 113 Å². The standard InChI is InChI=1S/C24H24ClN5O4S2/c1-29(2)14-12-26-18-5-8-20-16(15-18)11-13-30(23(20)31)19-6-3-17(4-7-19)27-24(32)28-36(33,34)22-10-9-21(25)35-22/h3-11,13,15,26H,12,14H2,1-2H3,(H2,27,28,32). The van der Waals surface area contributed by atoms with Gasteiger partial charge in [-0.3, -0.25) is 9.36 Å². The summed E-state index contributed by atoms with van der Waals surface area (Å²) in [5, 5.41) is 7.23. The minimum absolute atomic E-state index is 0.0647. The Kier molecular flexibility index (Phi) is 7.65. The summed E-state index contributed by atoms with van der Waals surface area (Å²) >= 11 is 6.62. The molecule has 0 spiro atoms. The number of rotatable bonds is 8. The van der Waals surface area contributed by atoms with Crippen molar-refractivity contribution in [3.63, 3.8) is 0 Å². The van der Waals surface area contributed by atoms with E-state index in [-0.39, 0.29) is 9.77 Å². The van der Waals surface area contributed by atoms with Crippen LogP contribution in [0, 0.1) is 0 Å². The van der Waals surface area contributed by atoms with Crippen molar-refractivity contribution in [3.8, 4) is 5.69 Å². The fraction of sp³-hybridized carbons (Fsp3) is 0.167. The number of nitrogens with zero attached hydrogens (tertiary/aromatic N) is 2. The quantitative estimate of drug-likeness (QED) is 0.306. The first-order chi connectivity index (χ1) is 17.1. The molecule has 2 aromatic heterocycles. The molecule has 12 heteroatoms. The zero-order valence-corrected chi connectivity index (χ0v) is 21.9. The van der Waals surface area contributed by atoms with Gasteiger partial charge >= 0.3 is 6.03 Å². The SMILES string of the molecule is CN(C)CCNc1ccc2c(=O)n(-c3ccc(NC(=O)NS(=O)(=O)c4ccc(Cl)s4)cc3)ccc2c1. The third-order valence-corrected chi connectivity index (χ3v) is 8.29. The van der Waals surface area contributed by atoms with E-state index in [4.69, 9.17) is 11.6 Å². The smallest absolute Gasteiger partial charge is 0.333 e. The molecule has 3 N–H and O–H groups in total. The number of fused-ring (bicyclic) bond motifs is 1. The maximum atomic E-state index is 13.1. The predicted octanol–water partition coefficient (Wildman–Crippen LogP) is 4.19. The molecule has 0 radical (unpaired) electrons. The third kappa shape index (κ3) is 6.05. The highest BCUT2D eigenvalue weighted by Crippen LogP contribution is 2.25. The summed E-state index contributed by atoms with van der Waals surface area (Å²) < 4.78 is 28.2. The second-order valence-electron chi connectivity index (χ2n) is 8.19. The first-order valence-electron chi connectivity index (χ1n) is 10.9. The molecular weight excluding hydrogens is 522 g/mol. The number of aromatic nitrogens is 1. The van der Waals surface area contributed by atoms with E-state index < -0.39 is 16.1 Å². The molecule has 2 heterocycles. The number of nitrogens with one attached hydrogen (secondary N) is 3. The van der Waals surface area contributed by atoms with E-state index in [0.717, 1.165) is 35.5 Å². The minimum Gasteiger partial charge on any atom is -0.384 e. The van der Waals surface area contributed by atoms with Crippen LogP contribution < -0.4 is 20.9 Å². The Hall–Kier alpha value is -3.38. The van der Waals surface area contributed by atoms with Gasteiger partial charge in [0, 0.05) is 41.7 Å². The number of urea groups is 1. The van der Waals surface area contributed by atoms with Gasteiger partial charge in [-0.05, 0) is 80.1 Å². The van der Waals surface area contributed by atoms with E-state index in [1.165, 1.54) is 16.7 Å². The molecule has 0 unspecified atom stereocenters. The molecule has 0 saturated carbocycles. The van der Waals surface area contributed by atoms with Crippen molar-refractivity contribution in [1.29, 1.82) is 0 Å². The van der Waals surface area contributed by atoms with Gasteiger partial charge < -0.3 is 15.5 Å². The lowest BCUT2D eigenvalue weighted by Crippen LogP contribution is -2.33. The summed E-state index contributed by atoms with van der Waals surface area (Å²) in [5.74, 6) is 0. The van der Waals surface area contributed by atoms with Gasteiger partial charge in [0.05, 0.1) is 4.34 Å². The molecule has 9 nitrogen and oxygen atoms in total. The van der Waals surface area contributed by atoms with Crippen molar-refractivity contribution in [2.24, 2.45) is 0 Å². The molecule has 4 rings (SSSR count). The maximum Gasteiger partial charge on any atom is 0.333 e. The summed E-state index contributed by atoms with van der Waals surface area (Å²) in [4.78, 5) is 27.4. The summed E-state index contributed by atoms with van der Waals surface area (Å²) in [5.41, 5.74) is 1.73. The van der Waals surface area contributed by atoms with E-state index in [2.05, 4.69) is 15.5 Å². The van der Waals surface area contributed by atoms with Crippen LogP contribution in [0.4, 0.5) is 16.2 Å². The van der Waals surface area contributed by atoms with Crippen molar-refractivity contribution in [2.75, 3.05) is 37.8 Å². The fourth-order valence-electron chi connectivity index (χ4n) is 3.46. The maximum absolute atomic E-state index is 13.1. The zero-order chi connectivity index (χ0) is 25.9. The molecule has 2 aromatic carbocycles. The van der Waals surface area contributed by atoms with Crippen LogP contribution in [-0.4, -0.2) is 51.1 Å². The van der Waals surface area contributed by atoms with Crippen LogP contribution in [-0.2, 0) is 10.0 Å². The average molecular weight is 546 g/mol. The number of amides is 2. The zero-order valence-electron chi connectivity index (χ0n) is 19.5. The van der Waals surface area contributed by atoms with Crippen molar-refractivity contribution in [1.82, 2.24) is 14.2 Å². The van der Waals surface area contributed by atoms with E-state index in [1.54, 1.807) is 36.5 Å². The van der Waals surface area contributed by atoms with E-state index in [9.17, 15) is 18.0 Å². The number of anilines is 2. The van der Waals surface area contributed by atoms with Crippen molar-refractivity contribution < 1.29 is 13.2 Å². The van der Waals surface area contributed by atoms with Crippen LogP contribution in [0.1, 0.15) is 0 Å². The van der Waals surface area contributed by atoms with E-state index >= 15 is 0 Å². The van der Waals surface area contributed by atoms with Crippen LogP contribution in [0.3, 0.4) is 0 Å². The molecule has 188 valence electrons. The van der Waals surface area contributed by atoms with E-state index in [0.29, 0.717) is 21.1 Å². The number of likely N-dealkylation sites (N-methyl/N-ethyl adjacent to an activating group) is 1. The third-order valence-electron chi connectivity index (χ3n) is 5.24. The van der Waals surface area contributed by atoms with Crippen LogP contribution in [0.2, 0.25) is 4.34 Å². The van der Waals surface area contributed by atoms with Crippen LogP contribution in [0.25, 0.3) is 16.5 Å². The van der Waals surface area contributed by atoms with Crippen molar-refractivity contribution in [2.45, 2.75) is 4.21 Å². The number of benzene rings is 2. The van der Waals surface area contributed by atoms with Crippen molar-refractivity contribution >= 4 is 61.1 Å². The molecule has 0 aliphatic heterocycles. The van der Waals surface area contributed by atoms with Crippen LogP contribution in [0.15, 0.2) is 75.9 Å². The summed E-state index contributed by atoms with van der Waals surface area (Å²) in [6, 6.07) is 15.8. The second kappa shape index (κ2) is 10.7. The Morgan fingerprint density at radius 1 is 1.03 bits per heavy atom. The number of hydrogen-bond acceptors (Lipinski definition) is 7. The Labute approximate surface area is 217 Å². The molecule has 0 bridgehead atoms. The normalized spacial score (nSPS) is 11.6. The summed E-state index contributed by atoms with van der Waals surface area (Å²) in [7, 11) is -0.0101. The van der Waals surface area contributed by atoms with Gasteiger partial charge in [-0.15, -0.1) is 11.3 Å². The van der Waals surface area contributed by atoms with Gasteiger partial charge in [0.1, 0.15) is 4.21 Å². The lowest BCUT2D eigenvalue weighted by atomic mass is 10.1. The monoisotopic (exact) mass is 545 g/mol. The largest absolute Gasteiger partial charge is 0.384 e. The first kappa shape index (κ1) is 25.7. The number of thiophene rings is 1. The molecule has 0 aliphatic carbocycles. The molecule has 4 aromatic rings. The highest BCUT2D eigenvalue weighted by atomic mass is 35.5. The van der Waals surface area contributed by atoms with Crippen LogP contribution >= 0.6 is 22.9 Å². The molecule has 0 atom stereocenters. The Bertz CT molecular complexity index is 1560. The highest BCUT2D eigenvalue weighted by Gasteiger charge is 2.19. The van der Waals surface area contributed by atoms with Gasteiger partial charge in [0.2, 0.25) is 0 Å². The number of hydrogen-bond donors (Lipinski definition) is 3. The van der Waals surface area contributed by atoms with Gasteiger partial charge in [-0.2, -0.15) is 0 Å². The number of carbonyl (C=O) groups excluding carboxylic acids is 1. The molecule has 2 amide bonds. The minimum atomic E-state index is -4.03. The highest BCUT2D eigenvalue weighted by molar-refractivity contribution is 7.92. The molecule has 36 heavy (non-hydrogen) atoms. The number of carbonyl (C=O) groups is 1. The number of halogens is 1. The Morgan fingerprint density at radius 2 is 1.75 bits per heavy atom. The predicted molar refractivity (Wildman–Crippen MR) is 145 cm³/mol. The van der Waals surface area contributed by atoms with Gasteiger partial charge in [-0.1, -0.05) is 11.6 Å². The van der Waals surface area contributed by atoms with Gasteiger partial charge in [-0.25, -0.2) is 17.9 Å². The lowest BCUT2D eigenvalue weighted by Gasteiger charge is -2.13. The summed E-state index contributed by atoms with van der Waals surface area (Å²) in [6.07, 6.45) is 1.70. The average Bonchev–Trinajstić information content (AvgIpc) is 3.27. The molecule has 0 saturated heterocycles. The Balaban J connectivity index is 1.46. The number of sulfonamides is 1.